The molecule has 0 saturated carbocycles. The number of carbonyl (C=O) groups excluding carboxylic acids is 4. The summed E-state index contributed by atoms with van der Waals surface area (Å²) in [5.74, 6) is -2.44. The molecule has 0 saturated heterocycles. The van der Waals surface area contributed by atoms with Crippen LogP contribution >= 0.6 is 0 Å². The van der Waals surface area contributed by atoms with Crippen LogP contribution in [0, 0.1) is 0 Å². The average Bonchev–Trinajstić information content (AvgIpc) is 2.84. The van der Waals surface area contributed by atoms with Gasteiger partial charge in [0.25, 0.3) is 5.91 Å². The first-order valence-corrected chi connectivity index (χ1v) is 9.15. The van der Waals surface area contributed by atoms with Gasteiger partial charge in [-0.05, 0) is 48.5 Å². The molecule has 0 radical (unpaired) electrons. The predicted molar refractivity (Wildman–Crippen MR) is 111 cm³/mol. The molecule has 1 amide bonds. The highest BCUT2D eigenvalue weighted by Crippen LogP contribution is 2.18. The lowest BCUT2D eigenvalue weighted by Gasteiger charge is -2.08. The molecular formula is C22H17N3O7. The lowest BCUT2D eigenvalue weighted by Crippen LogP contribution is -2.16. The smallest absolute Gasteiger partial charge is 0.362 e. The second kappa shape index (κ2) is 9.94. The Labute approximate surface area is 182 Å². The largest absolute Gasteiger partial charge is 0.464 e. The van der Waals surface area contributed by atoms with Crippen LogP contribution in [-0.4, -0.2) is 48.0 Å². The molecule has 2 aromatic heterocycles. The van der Waals surface area contributed by atoms with Crippen molar-refractivity contribution in [2.45, 2.75) is 0 Å². The van der Waals surface area contributed by atoms with E-state index in [1.54, 1.807) is 0 Å². The van der Waals surface area contributed by atoms with E-state index in [2.05, 4.69) is 24.8 Å². The van der Waals surface area contributed by atoms with E-state index in [0.717, 1.165) is 0 Å². The molecule has 1 N–H and O–H groups in total. The van der Waals surface area contributed by atoms with Crippen LogP contribution in [0.5, 0.6) is 5.75 Å². The Morgan fingerprint density at radius 3 is 1.66 bits per heavy atom. The molecule has 0 bridgehead atoms. The van der Waals surface area contributed by atoms with Gasteiger partial charge in [0.15, 0.2) is 0 Å². The predicted octanol–water partition coefficient (Wildman–Crippen LogP) is 2.52. The van der Waals surface area contributed by atoms with Gasteiger partial charge in [0.2, 0.25) is 0 Å². The maximum atomic E-state index is 12.4. The van der Waals surface area contributed by atoms with Crippen LogP contribution in [0.2, 0.25) is 0 Å². The van der Waals surface area contributed by atoms with Crippen molar-refractivity contribution >= 4 is 29.5 Å². The van der Waals surface area contributed by atoms with Crippen molar-refractivity contribution in [1.82, 2.24) is 9.97 Å². The Bertz CT molecular complexity index is 1080. The van der Waals surface area contributed by atoms with Crippen molar-refractivity contribution in [2.24, 2.45) is 0 Å². The van der Waals surface area contributed by atoms with E-state index in [0.29, 0.717) is 5.69 Å². The van der Waals surface area contributed by atoms with E-state index in [-0.39, 0.29) is 28.5 Å². The zero-order valence-electron chi connectivity index (χ0n) is 17.0. The van der Waals surface area contributed by atoms with E-state index in [1.807, 2.05) is 0 Å². The first kappa shape index (κ1) is 22.1. The molecule has 0 aliphatic heterocycles. The van der Waals surface area contributed by atoms with Crippen molar-refractivity contribution in [3.63, 3.8) is 0 Å². The second-order valence-corrected chi connectivity index (χ2v) is 6.17. The molecule has 32 heavy (non-hydrogen) atoms. The zero-order chi connectivity index (χ0) is 23.1. The Kier molecular flexibility index (Phi) is 6.86. The third kappa shape index (κ3) is 5.30. The molecule has 2 heterocycles. The van der Waals surface area contributed by atoms with Crippen molar-refractivity contribution in [2.75, 3.05) is 19.5 Å². The third-order valence-corrected chi connectivity index (χ3v) is 4.05. The maximum Gasteiger partial charge on any atom is 0.362 e. The summed E-state index contributed by atoms with van der Waals surface area (Å²) < 4.78 is 14.4. The van der Waals surface area contributed by atoms with E-state index in [1.165, 1.54) is 74.9 Å². The molecule has 0 spiro atoms. The number of nitrogens with zero attached hydrogens (tertiary/aromatic N) is 2. The minimum absolute atomic E-state index is 0.00675. The van der Waals surface area contributed by atoms with Crippen molar-refractivity contribution in [3.8, 4) is 5.75 Å². The van der Waals surface area contributed by atoms with Crippen LogP contribution < -0.4 is 10.1 Å². The fourth-order valence-electron chi connectivity index (χ4n) is 2.51. The summed E-state index contributed by atoms with van der Waals surface area (Å²) in [6, 6.07) is 14.7. The van der Waals surface area contributed by atoms with E-state index in [9.17, 15) is 19.2 Å². The van der Waals surface area contributed by atoms with Crippen LogP contribution in [0.3, 0.4) is 0 Å². The van der Waals surface area contributed by atoms with Crippen LogP contribution in [0.25, 0.3) is 0 Å². The Morgan fingerprint density at radius 2 is 1.12 bits per heavy atom. The molecule has 1 aromatic carbocycles. The van der Waals surface area contributed by atoms with E-state index < -0.39 is 23.8 Å². The molecule has 10 heteroatoms. The normalized spacial score (nSPS) is 10.1. The highest BCUT2D eigenvalue weighted by atomic mass is 16.5. The van der Waals surface area contributed by atoms with Gasteiger partial charge in [-0.15, -0.1) is 0 Å². The van der Waals surface area contributed by atoms with E-state index >= 15 is 0 Å². The molecular weight excluding hydrogens is 418 g/mol. The Morgan fingerprint density at radius 1 is 0.656 bits per heavy atom. The summed E-state index contributed by atoms with van der Waals surface area (Å²) >= 11 is 0. The van der Waals surface area contributed by atoms with Crippen LogP contribution in [-0.2, 0) is 9.47 Å². The number of anilines is 1. The van der Waals surface area contributed by atoms with Gasteiger partial charge in [0, 0.05) is 5.69 Å². The third-order valence-electron chi connectivity index (χ3n) is 4.05. The molecule has 0 unspecified atom stereocenters. The number of hydrogen-bond donors (Lipinski definition) is 1. The molecule has 0 aliphatic rings. The second-order valence-electron chi connectivity index (χ2n) is 6.17. The number of hydrogen-bond acceptors (Lipinski definition) is 9. The van der Waals surface area contributed by atoms with Gasteiger partial charge in [-0.3, -0.25) is 4.79 Å². The summed E-state index contributed by atoms with van der Waals surface area (Å²) in [7, 11) is 2.43. The SMILES string of the molecule is COC(=O)c1cccc(C(=O)Nc2ccc(OC(=O)c3cccc(C(=O)OC)n3)cc2)n1. The number of esters is 3. The highest BCUT2D eigenvalue weighted by molar-refractivity contribution is 6.03. The molecule has 3 aromatic rings. The minimum Gasteiger partial charge on any atom is -0.464 e. The molecule has 3 rings (SSSR count). The quantitative estimate of drug-likeness (QED) is 0.458. The molecule has 0 fully saturated rings. The van der Waals surface area contributed by atoms with Gasteiger partial charge in [0.1, 0.15) is 28.5 Å². The van der Waals surface area contributed by atoms with Gasteiger partial charge in [-0.1, -0.05) is 12.1 Å². The lowest BCUT2D eigenvalue weighted by molar-refractivity contribution is 0.0584. The lowest BCUT2D eigenvalue weighted by atomic mass is 10.2. The zero-order valence-corrected chi connectivity index (χ0v) is 17.0. The fourth-order valence-corrected chi connectivity index (χ4v) is 2.51. The topological polar surface area (TPSA) is 134 Å². The molecule has 0 aliphatic carbocycles. The van der Waals surface area contributed by atoms with Gasteiger partial charge in [-0.2, -0.15) is 0 Å². The summed E-state index contributed by atoms with van der Waals surface area (Å²) in [6.45, 7) is 0. The van der Waals surface area contributed by atoms with Gasteiger partial charge in [-0.25, -0.2) is 24.4 Å². The minimum atomic E-state index is -0.767. The number of rotatable bonds is 6. The van der Waals surface area contributed by atoms with Crippen molar-refractivity contribution in [1.29, 1.82) is 0 Å². The summed E-state index contributed by atoms with van der Waals surface area (Å²) in [5.41, 5.74) is 0.352. The molecule has 162 valence electrons. The standard InChI is InChI=1S/C22H17N3O7/c1-30-20(27)16-6-3-5-15(24-16)19(26)23-13-9-11-14(12-10-13)32-22(29)18-8-4-7-17(25-18)21(28)31-2/h3-12H,1-2H3,(H,23,26). The van der Waals surface area contributed by atoms with E-state index in [4.69, 9.17) is 4.74 Å². The number of benzene rings is 1. The monoisotopic (exact) mass is 435 g/mol. The van der Waals surface area contributed by atoms with Crippen LogP contribution in [0.1, 0.15) is 42.0 Å². The van der Waals surface area contributed by atoms with Crippen molar-refractivity contribution in [3.05, 3.63) is 83.4 Å². The molecule has 0 atom stereocenters. The molecule has 10 nitrogen and oxygen atoms in total. The van der Waals surface area contributed by atoms with Crippen LogP contribution in [0.4, 0.5) is 5.69 Å². The first-order valence-electron chi connectivity index (χ1n) is 9.15. The van der Waals surface area contributed by atoms with Gasteiger partial charge in [0.05, 0.1) is 14.2 Å². The number of methoxy groups -OCH3 is 2. The summed E-state index contributed by atoms with van der Waals surface area (Å²) in [5, 5.41) is 2.62. The number of pyridine rings is 2. The maximum absolute atomic E-state index is 12.4. The fraction of sp³-hybridized carbons (Fsp3) is 0.0909. The number of carbonyl (C=O) groups is 4. The van der Waals surface area contributed by atoms with Gasteiger partial charge < -0.3 is 19.5 Å². The van der Waals surface area contributed by atoms with Crippen molar-refractivity contribution < 1.29 is 33.4 Å². The first-order chi connectivity index (χ1) is 15.4. The number of nitrogens with one attached hydrogen (secondary N) is 1. The van der Waals surface area contributed by atoms with Gasteiger partial charge >= 0.3 is 17.9 Å². The number of ether oxygens (including phenoxy) is 3. The average molecular weight is 435 g/mol. The van der Waals surface area contributed by atoms with Crippen LogP contribution in [0.15, 0.2) is 60.7 Å². The highest BCUT2D eigenvalue weighted by Gasteiger charge is 2.15. The Balaban J connectivity index is 1.65. The number of aromatic nitrogens is 2. The Hall–Kier alpha value is -4.60. The summed E-state index contributed by atoms with van der Waals surface area (Å²) in [4.78, 5) is 55.6. The summed E-state index contributed by atoms with van der Waals surface area (Å²) in [6.07, 6.45) is 0. The number of amides is 1.